The summed E-state index contributed by atoms with van der Waals surface area (Å²) in [6.45, 7) is 9.95. The molecule has 0 unspecified atom stereocenters. The Morgan fingerprint density at radius 2 is 1.15 bits per heavy atom. The van der Waals surface area contributed by atoms with Crippen LogP contribution in [0, 0.1) is 5.92 Å². The molecule has 0 radical (unpaired) electrons. The average Bonchev–Trinajstić information content (AvgIpc) is 2.86. The van der Waals surface area contributed by atoms with Gasteiger partial charge in [-0.15, -0.1) is 0 Å². The molecule has 0 bridgehead atoms. The third-order valence-electron chi connectivity index (χ3n) is 5.91. The second kappa shape index (κ2) is 17.7. The van der Waals surface area contributed by atoms with Crippen molar-refractivity contribution in [2.75, 3.05) is 0 Å². The first-order chi connectivity index (χ1) is 18.2. The zero-order valence-corrected chi connectivity index (χ0v) is 23.6. The Balaban J connectivity index is 5.43. The van der Waals surface area contributed by atoms with Crippen LogP contribution in [0.3, 0.4) is 0 Å². The van der Waals surface area contributed by atoms with Gasteiger partial charge >= 0.3 is 5.97 Å². The van der Waals surface area contributed by atoms with Crippen LogP contribution in [0.1, 0.15) is 80.1 Å². The standard InChI is InChI=1S/C25H44N6O8/c1-7-10-17(30-23(37)15(8-2)28-18(32)11-12-19(33)34)24(38)31-20(13(4)5)25(39)29-16(9-3)22(36)27-14(6)21(26)35/h13-17,20H,7-12H2,1-6H3,(H2,26,35)(H,27,36)(H,28,32)(H,29,39)(H,30,37)(H,31,38)(H,33,34)/t14-,15+,16+,17+,20+/m1/s1. The smallest absolute Gasteiger partial charge is 0.303 e. The highest BCUT2D eigenvalue weighted by Crippen LogP contribution is 2.07. The summed E-state index contributed by atoms with van der Waals surface area (Å²) < 4.78 is 0. The molecule has 222 valence electrons. The molecule has 0 aromatic carbocycles. The van der Waals surface area contributed by atoms with Gasteiger partial charge in [0.2, 0.25) is 35.4 Å². The molecule has 0 aliphatic carbocycles. The molecule has 0 aliphatic heterocycles. The van der Waals surface area contributed by atoms with Gasteiger partial charge in [0.1, 0.15) is 30.2 Å². The van der Waals surface area contributed by atoms with Crippen LogP contribution in [0.4, 0.5) is 0 Å². The summed E-state index contributed by atoms with van der Waals surface area (Å²) in [6.07, 6.45) is 0.520. The van der Waals surface area contributed by atoms with Crippen LogP contribution in [0.25, 0.3) is 0 Å². The first kappa shape index (κ1) is 35.3. The Kier molecular flexibility index (Phi) is 16.0. The summed E-state index contributed by atoms with van der Waals surface area (Å²) in [4.78, 5) is 85.3. The van der Waals surface area contributed by atoms with E-state index in [0.29, 0.717) is 6.42 Å². The minimum atomic E-state index is -1.14. The van der Waals surface area contributed by atoms with Crippen molar-refractivity contribution in [1.29, 1.82) is 0 Å². The third kappa shape index (κ3) is 13.1. The number of hydrogen-bond acceptors (Lipinski definition) is 7. The lowest BCUT2D eigenvalue weighted by Gasteiger charge is -2.28. The van der Waals surface area contributed by atoms with E-state index < -0.39 is 71.6 Å². The van der Waals surface area contributed by atoms with Crippen LogP contribution in [0.5, 0.6) is 0 Å². The van der Waals surface area contributed by atoms with Crippen molar-refractivity contribution in [2.24, 2.45) is 11.7 Å². The monoisotopic (exact) mass is 556 g/mol. The van der Waals surface area contributed by atoms with Crippen LogP contribution in [0.2, 0.25) is 0 Å². The SMILES string of the molecule is CCC[C@H](NC(=O)[C@H](CC)NC(=O)CCC(=O)O)C(=O)N[C@H](C(=O)N[C@@H](CC)C(=O)N[C@H](C)C(N)=O)C(C)C. The largest absolute Gasteiger partial charge is 0.481 e. The number of rotatable bonds is 18. The predicted molar refractivity (Wildman–Crippen MR) is 142 cm³/mol. The molecular weight excluding hydrogens is 512 g/mol. The van der Waals surface area contributed by atoms with Crippen LogP contribution >= 0.6 is 0 Å². The molecule has 0 heterocycles. The van der Waals surface area contributed by atoms with Crippen molar-refractivity contribution in [1.82, 2.24) is 26.6 Å². The normalized spacial score (nSPS) is 14.6. The highest BCUT2D eigenvalue weighted by molar-refractivity contribution is 5.96. The van der Waals surface area contributed by atoms with Crippen molar-refractivity contribution in [3.8, 4) is 0 Å². The number of aliphatic carboxylic acids is 1. The fraction of sp³-hybridized carbons (Fsp3) is 0.720. The fourth-order valence-corrected chi connectivity index (χ4v) is 3.46. The van der Waals surface area contributed by atoms with Crippen LogP contribution < -0.4 is 32.3 Å². The van der Waals surface area contributed by atoms with E-state index in [9.17, 15) is 33.6 Å². The molecule has 0 spiro atoms. The van der Waals surface area contributed by atoms with Crippen LogP contribution in [0.15, 0.2) is 0 Å². The molecule has 39 heavy (non-hydrogen) atoms. The van der Waals surface area contributed by atoms with E-state index in [1.165, 1.54) is 6.92 Å². The van der Waals surface area contributed by atoms with E-state index in [0.717, 1.165) is 0 Å². The van der Waals surface area contributed by atoms with Gasteiger partial charge in [-0.2, -0.15) is 0 Å². The molecule has 0 saturated heterocycles. The lowest BCUT2D eigenvalue weighted by Crippen LogP contribution is -2.59. The quantitative estimate of drug-likeness (QED) is 0.111. The van der Waals surface area contributed by atoms with E-state index >= 15 is 0 Å². The first-order valence-corrected chi connectivity index (χ1v) is 13.2. The van der Waals surface area contributed by atoms with E-state index in [1.54, 1.807) is 27.7 Å². The van der Waals surface area contributed by atoms with Gasteiger partial charge in [-0.3, -0.25) is 33.6 Å². The highest BCUT2D eigenvalue weighted by Gasteiger charge is 2.32. The lowest BCUT2D eigenvalue weighted by molar-refractivity contribution is -0.139. The van der Waals surface area contributed by atoms with E-state index in [2.05, 4.69) is 26.6 Å². The molecule has 0 aliphatic rings. The summed E-state index contributed by atoms with van der Waals surface area (Å²) in [5.74, 6) is -5.31. The number of primary amides is 1. The lowest BCUT2D eigenvalue weighted by atomic mass is 10.0. The van der Waals surface area contributed by atoms with Gasteiger partial charge in [0, 0.05) is 6.42 Å². The number of carbonyl (C=O) groups excluding carboxylic acids is 6. The van der Waals surface area contributed by atoms with Gasteiger partial charge in [0.25, 0.3) is 0 Å². The van der Waals surface area contributed by atoms with E-state index in [1.807, 2.05) is 6.92 Å². The number of nitrogens with one attached hydrogen (secondary N) is 5. The molecule has 6 amide bonds. The Hall–Kier alpha value is -3.71. The van der Waals surface area contributed by atoms with Gasteiger partial charge < -0.3 is 37.4 Å². The summed E-state index contributed by atoms with van der Waals surface area (Å²) >= 11 is 0. The third-order valence-corrected chi connectivity index (χ3v) is 5.91. The molecule has 14 nitrogen and oxygen atoms in total. The topological polar surface area (TPSA) is 226 Å². The molecule has 0 saturated carbocycles. The summed E-state index contributed by atoms with van der Waals surface area (Å²) in [6, 6.07) is -4.94. The average molecular weight is 557 g/mol. The first-order valence-electron chi connectivity index (χ1n) is 13.2. The van der Waals surface area contributed by atoms with Gasteiger partial charge in [-0.25, -0.2) is 0 Å². The molecule has 0 rings (SSSR count). The number of amides is 6. The van der Waals surface area contributed by atoms with Crippen molar-refractivity contribution in [3.63, 3.8) is 0 Å². The Morgan fingerprint density at radius 1 is 0.667 bits per heavy atom. The molecule has 8 N–H and O–H groups in total. The zero-order chi connectivity index (χ0) is 30.3. The summed E-state index contributed by atoms with van der Waals surface area (Å²) in [5, 5.41) is 21.4. The van der Waals surface area contributed by atoms with E-state index in [4.69, 9.17) is 10.8 Å². The summed E-state index contributed by atoms with van der Waals surface area (Å²) in [5.41, 5.74) is 5.17. The minimum absolute atomic E-state index is 0.205. The van der Waals surface area contributed by atoms with Gasteiger partial charge in [-0.05, 0) is 32.1 Å². The van der Waals surface area contributed by atoms with Gasteiger partial charge in [0.15, 0.2) is 0 Å². The maximum Gasteiger partial charge on any atom is 0.303 e. The maximum absolute atomic E-state index is 13.1. The summed E-state index contributed by atoms with van der Waals surface area (Å²) in [7, 11) is 0. The van der Waals surface area contributed by atoms with Gasteiger partial charge in [0.05, 0.1) is 6.42 Å². The molecule has 0 aromatic heterocycles. The number of carboxylic acid groups (broad SMARTS) is 1. The second-order valence-electron chi connectivity index (χ2n) is 9.60. The fourth-order valence-electron chi connectivity index (χ4n) is 3.46. The van der Waals surface area contributed by atoms with Crippen LogP contribution in [-0.2, 0) is 33.6 Å². The number of carboxylic acids is 1. The van der Waals surface area contributed by atoms with E-state index in [-0.39, 0.29) is 38.0 Å². The number of carbonyl (C=O) groups is 7. The van der Waals surface area contributed by atoms with Crippen molar-refractivity contribution < 1.29 is 38.7 Å². The Morgan fingerprint density at radius 3 is 1.62 bits per heavy atom. The predicted octanol–water partition coefficient (Wildman–Crippen LogP) is -0.943. The molecular formula is C25H44N6O8. The maximum atomic E-state index is 13.1. The minimum Gasteiger partial charge on any atom is -0.481 e. The second-order valence-corrected chi connectivity index (χ2v) is 9.60. The molecule has 14 heteroatoms. The zero-order valence-electron chi connectivity index (χ0n) is 23.6. The Labute approximate surface area is 229 Å². The number of nitrogens with two attached hydrogens (primary N) is 1. The molecule has 0 aromatic rings. The van der Waals surface area contributed by atoms with Crippen molar-refractivity contribution in [3.05, 3.63) is 0 Å². The molecule has 5 atom stereocenters. The van der Waals surface area contributed by atoms with Crippen molar-refractivity contribution >= 4 is 41.4 Å². The van der Waals surface area contributed by atoms with Crippen molar-refractivity contribution in [2.45, 2.75) is 110 Å². The molecule has 0 fully saturated rings. The Bertz CT molecular complexity index is 894. The highest BCUT2D eigenvalue weighted by atomic mass is 16.4. The van der Waals surface area contributed by atoms with Crippen LogP contribution in [-0.4, -0.2) is 76.7 Å². The number of hydrogen-bond donors (Lipinski definition) is 7. The van der Waals surface area contributed by atoms with Gasteiger partial charge in [-0.1, -0.05) is 41.0 Å².